The fraction of sp³-hybridized carbons (Fsp3) is 0.467. The molecule has 6 nitrogen and oxygen atoms in total. The van der Waals surface area contributed by atoms with Crippen molar-refractivity contribution in [2.45, 2.75) is 59.0 Å². The summed E-state index contributed by atoms with van der Waals surface area (Å²) < 4.78 is 11.0. The Balaban J connectivity index is 1.45. The summed E-state index contributed by atoms with van der Waals surface area (Å²) >= 11 is 0. The molecule has 2 aliphatic rings. The van der Waals surface area contributed by atoms with Gasteiger partial charge in [0.15, 0.2) is 11.5 Å². The normalized spacial score (nSPS) is 21.1. The van der Waals surface area contributed by atoms with Crippen molar-refractivity contribution in [1.82, 2.24) is 10.3 Å². The number of pyridine rings is 1. The van der Waals surface area contributed by atoms with Gasteiger partial charge in [-0.25, -0.2) is 4.98 Å². The quantitative estimate of drug-likeness (QED) is 0.496. The maximum Gasteiger partial charge on any atom is 0.252 e. The second kappa shape index (κ2) is 9.64. The van der Waals surface area contributed by atoms with E-state index >= 15 is 0 Å². The van der Waals surface area contributed by atoms with Crippen molar-refractivity contribution < 1.29 is 14.3 Å². The average Bonchev–Trinajstić information content (AvgIpc) is 2.85. The zero-order chi connectivity index (χ0) is 25.4. The number of aromatic nitrogens is 1. The Morgan fingerprint density at radius 1 is 1.06 bits per heavy atom. The smallest absolute Gasteiger partial charge is 0.252 e. The Kier molecular flexibility index (Phi) is 6.54. The number of anilines is 1. The van der Waals surface area contributed by atoms with Gasteiger partial charge in [0, 0.05) is 24.5 Å². The molecule has 0 bridgehead atoms. The van der Waals surface area contributed by atoms with Crippen LogP contribution in [-0.4, -0.2) is 37.7 Å². The van der Waals surface area contributed by atoms with Crippen LogP contribution >= 0.6 is 0 Å². The van der Waals surface area contributed by atoms with E-state index in [2.05, 4.69) is 43.1 Å². The largest absolute Gasteiger partial charge is 0.493 e. The van der Waals surface area contributed by atoms with Crippen LogP contribution in [0.5, 0.6) is 11.5 Å². The lowest BCUT2D eigenvalue weighted by Gasteiger charge is -2.39. The number of ether oxygens (including phenoxy) is 2. The number of carbonyl (C=O) groups excluding carboxylic acids is 1. The Morgan fingerprint density at radius 3 is 2.50 bits per heavy atom. The van der Waals surface area contributed by atoms with Gasteiger partial charge in [0.25, 0.3) is 5.91 Å². The van der Waals surface area contributed by atoms with Crippen LogP contribution < -0.4 is 19.7 Å². The number of carbonyl (C=O) groups is 1. The predicted molar refractivity (Wildman–Crippen MR) is 144 cm³/mol. The summed E-state index contributed by atoms with van der Waals surface area (Å²) in [5, 5.41) is 4.27. The van der Waals surface area contributed by atoms with Gasteiger partial charge >= 0.3 is 0 Å². The van der Waals surface area contributed by atoms with Crippen molar-refractivity contribution in [3.8, 4) is 11.5 Å². The molecule has 1 aliphatic heterocycles. The molecule has 0 unspecified atom stereocenters. The lowest BCUT2D eigenvalue weighted by atomic mass is 9.70. The zero-order valence-corrected chi connectivity index (χ0v) is 22.1. The van der Waals surface area contributed by atoms with Crippen LogP contribution in [0.3, 0.4) is 0 Å². The first kappa shape index (κ1) is 24.4. The molecule has 1 aliphatic carbocycles. The van der Waals surface area contributed by atoms with E-state index in [1.54, 1.807) is 14.2 Å². The third kappa shape index (κ3) is 4.86. The summed E-state index contributed by atoms with van der Waals surface area (Å²) in [7, 11) is 3.33. The SMILES string of the molecule is COc1cc2c(cc1OC)CN(c1cc(C(=O)N[C@@H]3C[C@H](C)CC(C)(C)C3)c3ccccc3n1)CC2. The van der Waals surface area contributed by atoms with Gasteiger partial charge in [-0.15, -0.1) is 0 Å². The minimum atomic E-state index is -0.00596. The van der Waals surface area contributed by atoms with Gasteiger partial charge in [-0.3, -0.25) is 4.79 Å². The average molecular weight is 488 g/mol. The molecule has 190 valence electrons. The fourth-order valence-corrected chi connectivity index (χ4v) is 6.31. The molecule has 0 saturated heterocycles. The van der Waals surface area contributed by atoms with Crippen LogP contribution in [-0.2, 0) is 13.0 Å². The summed E-state index contributed by atoms with van der Waals surface area (Å²) in [6.07, 6.45) is 4.11. The number of nitrogens with one attached hydrogen (secondary N) is 1. The van der Waals surface area contributed by atoms with Gasteiger partial charge in [-0.2, -0.15) is 0 Å². The molecule has 1 amide bonds. The molecule has 0 radical (unpaired) electrons. The number of amides is 1. The third-order valence-corrected chi connectivity index (χ3v) is 7.71. The van der Waals surface area contributed by atoms with Gasteiger partial charge in [0.1, 0.15) is 5.82 Å². The summed E-state index contributed by atoms with van der Waals surface area (Å²) in [6.45, 7) is 8.43. The molecule has 1 fully saturated rings. The highest BCUT2D eigenvalue weighted by Crippen LogP contribution is 2.39. The summed E-state index contributed by atoms with van der Waals surface area (Å²) in [5.41, 5.74) is 4.24. The number of rotatable bonds is 5. The van der Waals surface area contributed by atoms with E-state index in [0.717, 1.165) is 54.0 Å². The van der Waals surface area contributed by atoms with Gasteiger partial charge < -0.3 is 19.7 Å². The summed E-state index contributed by atoms with van der Waals surface area (Å²) in [4.78, 5) is 20.9. The molecule has 36 heavy (non-hydrogen) atoms. The van der Waals surface area contributed by atoms with Crippen molar-refractivity contribution >= 4 is 22.6 Å². The molecule has 3 aromatic rings. The molecule has 2 aromatic carbocycles. The maximum absolute atomic E-state index is 13.6. The first-order chi connectivity index (χ1) is 17.3. The highest BCUT2D eigenvalue weighted by atomic mass is 16.5. The standard InChI is InChI=1S/C30H37N3O3/c1-19-12-22(17-30(2,3)16-19)31-29(34)24-15-28(32-25-9-7-6-8-23(24)25)33-11-10-20-13-26(35-4)27(36-5)14-21(20)18-33/h6-9,13-15,19,22H,10-12,16-18H2,1-5H3,(H,31,34)/t19-,22+/m0/s1. The Bertz CT molecular complexity index is 1290. The highest BCUT2D eigenvalue weighted by Gasteiger charge is 2.33. The Labute approximate surface area is 214 Å². The van der Waals surface area contributed by atoms with Gasteiger partial charge in [0.2, 0.25) is 0 Å². The minimum Gasteiger partial charge on any atom is -0.493 e. The predicted octanol–water partition coefficient (Wildman–Crippen LogP) is 5.76. The lowest BCUT2D eigenvalue weighted by molar-refractivity contribution is 0.0876. The van der Waals surface area contributed by atoms with Gasteiger partial charge in [0.05, 0.1) is 25.3 Å². The van der Waals surface area contributed by atoms with Crippen LogP contribution in [0.2, 0.25) is 0 Å². The molecule has 5 rings (SSSR count). The van der Waals surface area contributed by atoms with Crippen molar-refractivity contribution in [2.24, 2.45) is 11.3 Å². The molecule has 2 heterocycles. The van der Waals surface area contributed by atoms with Gasteiger partial charge in [-0.05, 0) is 72.4 Å². The first-order valence-electron chi connectivity index (χ1n) is 13.0. The van der Waals surface area contributed by atoms with Crippen LogP contribution in [0.25, 0.3) is 10.9 Å². The highest BCUT2D eigenvalue weighted by molar-refractivity contribution is 6.07. The maximum atomic E-state index is 13.6. The first-order valence-corrected chi connectivity index (χ1v) is 13.0. The molecule has 1 N–H and O–H groups in total. The van der Waals surface area contributed by atoms with E-state index in [9.17, 15) is 4.79 Å². The Hall–Kier alpha value is -3.28. The molecular weight excluding hydrogens is 450 g/mol. The fourth-order valence-electron chi connectivity index (χ4n) is 6.31. The molecule has 2 atom stereocenters. The number of hydrogen-bond donors (Lipinski definition) is 1. The number of benzene rings is 2. The summed E-state index contributed by atoms with van der Waals surface area (Å²) in [5.74, 6) is 2.92. The van der Waals surface area contributed by atoms with Gasteiger partial charge in [-0.1, -0.05) is 39.0 Å². The van der Waals surface area contributed by atoms with Crippen LogP contribution in [0.4, 0.5) is 5.82 Å². The third-order valence-electron chi connectivity index (χ3n) is 7.71. The minimum absolute atomic E-state index is 0.00596. The molecule has 1 saturated carbocycles. The van der Waals surface area contributed by atoms with Crippen molar-refractivity contribution in [1.29, 1.82) is 0 Å². The van der Waals surface area contributed by atoms with Crippen LogP contribution in [0.1, 0.15) is 61.5 Å². The van der Waals surface area contributed by atoms with E-state index in [4.69, 9.17) is 14.5 Å². The number of hydrogen-bond acceptors (Lipinski definition) is 5. The number of methoxy groups -OCH3 is 2. The molecule has 1 aromatic heterocycles. The monoisotopic (exact) mass is 487 g/mol. The number of nitrogens with zero attached hydrogens (tertiary/aromatic N) is 2. The second-order valence-electron chi connectivity index (χ2n) is 11.3. The van der Waals surface area contributed by atoms with E-state index in [1.807, 2.05) is 30.3 Å². The molecule has 0 spiro atoms. The summed E-state index contributed by atoms with van der Waals surface area (Å²) in [6, 6.07) is 14.2. The molecule has 6 heteroatoms. The van der Waals surface area contributed by atoms with E-state index < -0.39 is 0 Å². The molecular formula is C30H37N3O3. The zero-order valence-electron chi connectivity index (χ0n) is 22.1. The van der Waals surface area contributed by atoms with E-state index in [0.29, 0.717) is 18.0 Å². The number of fused-ring (bicyclic) bond motifs is 2. The van der Waals surface area contributed by atoms with Crippen LogP contribution in [0, 0.1) is 11.3 Å². The topological polar surface area (TPSA) is 63.7 Å². The van der Waals surface area contributed by atoms with Crippen LogP contribution in [0.15, 0.2) is 42.5 Å². The van der Waals surface area contributed by atoms with Crippen molar-refractivity contribution in [2.75, 3.05) is 25.7 Å². The lowest BCUT2D eigenvalue weighted by Crippen LogP contribution is -2.43. The van der Waals surface area contributed by atoms with E-state index in [-0.39, 0.29) is 17.4 Å². The van der Waals surface area contributed by atoms with Crippen molar-refractivity contribution in [3.63, 3.8) is 0 Å². The second-order valence-corrected chi connectivity index (χ2v) is 11.3. The number of para-hydroxylation sites is 1. The Morgan fingerprint density at radius 2 is 1.78 bits per heavy atom. The van der Waals surface area contributed by atoms with Crippen molar-refractivity contribution in [3.05, 3.63) is 59.2 Å². The van der Waals surface area contributed by atoms with E-state index in [1.165, 1.54) is 17.5 Å².